The van der Waals surface area contributed by atoms with Crippen molar-refractivity contribution < 1.29 is 5.11 Å². The Hall–Kier alpha value is -0.820. The number of hydrogen-bond donors (Lipinski definition) is 1. The van der Waals surface area contributed by atoms with Crippen LogP contribution in [0.4, 0.5) is 0 Å². The molecule has 0 aromatic carbocycles. The molecule has 1 aliphatic rings. The third kappa shape index (κ3) is 3.15. The summed E-state index contributed by atoms with van der Waals surface area (Å²) in [4.78, 5) is 0. The topological polar surface area (TPSA) is 20.2 Å². The van der Waals surface area contributed by atoms with Gasteiger partial charge >= 0.3 is 0 Å². The van der Waals surface area contributed by atoms with Crippen LogP contribution in [0.3, 0.4) is 0 Å². The first-order valence-corrected chi connectivity index (χ1v) is 4.93. The first-order chi connectivity index (χ1) is 6.29. The summed E-state index contributed by atoms with van der Waals surface area (Å²) in [7, 11) is 0. The first kappa shape index (κ1) is 13.2. The van der Waals surface area contributed by atoms with E-state index in [9.17, 15) is 5.11 Å². The maximum Gasteiger partial charge on any atom is 0.0608 e. The van der Waals surface area contributed by atoms with Crippen LogP contribution in [-0.4, -0.2) is 11.2 Å². The van der Waals surface area contributed by atoms with Crippen LogP contribution in [0.5, 0.6) is 0 Å². The van der Waals surface area contributed by atoms with E-state index in [2.05, 4.69) is 12.7 Å². The van der Waals surface area contributed by atoms with Crippen molar-refractivity contribution in [1.29, 1.82) is 0 Å². The number of allylic oxidation sites excluding steroid dienone is 4. The van der Waals surface area contributed by atoms with Crippen molar-refractivity contribution in [3.05, 3.63) is 36.5 Å². The van der Waals surface area contributed by atoms with E-state index in [1.807, 2.05) is 19.1 Å². The predicted molar refractivity (Wildman–Crippen MR) is 63.2 cm³/mol. The highest BCUT2D eigenvalue weighted by Crippen LogP contribution is 2.32. The zero-order chi connectivity index (χ0) is 9.68. The summed E-state index contributed by atoms with van der Waals surface area (Å²) in [6, 6.07) is 0. The van der Waals surface area contributed by atoms with Crippen molar-refractivity contribution in [3.8, 4) is 0 Å². The average Bonchev–Trinajstić information content (AvgIpc) is 2.54. The minimum Gasteiger partial charge on any atom is -0.392 e. The zero-order valence-electron chi connectivity index (χ0n) is 8.24. The normalized spacial score (nSPS) is 27.7. The van der Waals surface area contributed by atoms with Crippen LogP contribution in [-0.2, 0) is 0 Å². The number of aliphatic hydroxyl groups excluding tert-OH is 1. The van der Waals surface area contributed by atoms with Crippen molar-refractivity contribution in [2.75, 3.05) is 0 Å². The fraction of sp³-hybridized carbons (Fsp3) is 0.538. The third-order valence-electron chi connectivity index (χ3n) is 2.67. The van der Waals surface area contributed by atoms with E-state index < -0.39 is 0 Å². The molecule has 0 aromatic heterocycles. The molecule has 0 aliphatic heterocycles. The van der Waals surface area contributed by atoms with Gasteiger partial charge in [-0.15, -0.1) is 0 Å². The fourth-order valence-corrected chi connectivity index (χ4v) is 1.94. The summed E-state index contributed by atoms with van der Waals surface area (Å²) in [5.74, 6) is 0.348. The van der Waals surface area contributed by atoms with Gasteiger partial charge in [0.1, 0.15) is 0 Å². The lowest BCUT2D eigenvalue weighted by Gasteiger charge is -2.15. The maximum atomic E-state index is 9.69. The maximum absolute atomic E-state index is 9.69. The molecule has 2 atom stereocenters. The lowest BCUT2D eigenvalue weighted by molar-refractivity contribution is 0.150. The van der Waals surface area contributed by atoms with Crippen LogP contribution in [0.1, 0.15) is 33.6 Å². The van der Waals surface area contributed by atoms with E-state index in [1.54, 1.807) is 6.08 Å². The molecule has 2 unspecified atom stereocenters. The molecular formula is C13H22O. The Kier molecular flexibility index (Phi) is 6.22. The summed E-state index contributed by atoms with van der Waals surface area (Å²) < 4.78 is 0. The minimum absolute atomic E-state index is 0. The monoisotopic (exact) mass is 194 g/mol. The van der Waals surface area contributed by atoms with Crippen molar-refractivity contribution in [2.24, 2.45) is 5.92 Å². The van der Waals surface area contributed by atoms with Crippen LogP contribution in [0.25, 0.3) is 0 Å². The molecule has 0 spiro atoms. The smallest absolute Gasteiger partial charge is 0.0608 e. The molecule has 1 fully saturated rings. The highest BCUT2D eigenvalue weighted by Gasteiger charge is 2.26. The van der Waals surface area contributed by atoms with Crippen molar-refractivity contribution in [2.45, 2.75) is 39.7 Å². The minimum atomic E-state index is -0.138. The molecule has 1 rings (SSSR count). The van der Waals surface area contributed by atoms with Crippen LogP contribution in [0, 0.1) is 5.92 Å². The summed E-state index contributed by atoms with van der Waals surface area (Å²) in [6.07, 6.45) is 10.9. The summed E-state index contributed by atoms with van der Waals surface area (Å²) >= 11 is 0. The second-order valence-corrected chi connectivity index (χ2v) is 3.49. The Bertz CT molecular complexity index is 225. The molecule has 1 aliphatic carbocycles. The van der Waals surface area contributed by atoms with E-state index in [0.717, 1.165) is 19.3 Å². The first-order valence-electron chi connectivity index (χ1n) is 4.93. The lowest BCUT2D eigenvalue weighted by atomic mass is 9.95. The lowest BCUT2D eigenvalue weighted by Crippen LogP contribution is -2.14. The van der Waals surface area contributed by atoms with Gasteiger partial charge in [-0.2, -0.15) is 0 Å². The van der Waals surface area contributed by atoms with E-state index in [1.165, 1.54) is 5.57 Å². The Labute approximate surface area is 87.8 Å². The van der Waals surface area contributed by atoms with Gasteiger partial charge in [-0.1, -0.05) is 44.7 Å². The molecule has 1 nitrogen and oxygen atoms in total. The standard InChI is InChI=1S/C12H18O.CH4/c1-3-5-7-10(4-2)11-8-6-9-12(11)13;/h3-5,7,11-13H,1,6,8-9H2,2H3;1H4/b7-5-,10-4+;. The van der Waals surface area contributed by atoms with E-state index in [0.29, 0.717) is 5.92 Å². The van der Waals surface area contributed by atoms with Crippen molar-refractivity contribution >= 4 is 0 Å². The molecule has 1 N–H and O–H groups in total. The van der Waals surface area contributed by atoms with E-state index >= 15 is 0 Å². The van der Waals surface area contributed by atoms with Gasteiger partial charge in [0, 0.05) is 5.92 Å². The third-order valence-corrected chi connectivity index (χ3v) is 2.67. The van der Waals surface area contributed by atoms with Gasteiger partial charge in [0.2, 0.25) is 0 Å². The Morgan fingerprint density at radius 3 is 2.57 bits per heavy atom. The molecule has 0 bridgehead atoms. The molecule has 0 amide bonds. The zero-order valence-corrected chi connectivity index (χ0v) is 8.24. The molecular weight excluding hydrogens is 172 g/mol. The van der Waals surface area contributed by atoms with Gasteiger partial charge in [-0.05, 0) is 25.3 Å². The fourth-order valence-electron chi connectivity index (χ4n) is 1.94. The molecule has 0 heterocycles. The van der Waals surface area contributed by atoms with Crippen LogP contribution in [0.2, 0.25) is 0 Å². The second-order valence-electron chi connectivity index (χ2n) is 3.49. The molecule has 0 saturated heterocycles. The largest absolute Gasteiger partial charge is 0.392 e. The van der Waals surface area contributed by atoms with Crippen LogP contribution < -0.4 is 0 Å². The molecule has 14 heavy (non-hydrogen) atoms. The molecule has 0 radical (unpaired) electrons. The van der Waals surface area contributed by atoms with Crippen LogP contribution >= 0.6 is 0 Å². The summed E-state index contributed by atoms with van der Waals surface area (Å²) in [5, 5.41) is 9.69. The quantitative estimate of drug-likeness (QED) is 0.682. The van der Waals surface area contributed by atoms with Gasteiger partial charge in [0.25, 0.3) is 0 Å². The SMILES string of the molecule is C.C=C/C=C\C(=C/C)C1CCCC1O. The Morgan fingerprint density at radius 2 is 2.14 bits per heavy atom. The Balaban J connectivity index is 0.00000169. The summed E-state index contributed by atoms with van der Waals surface area (Å²) in [5.41, 5.74) is 1.24. The van der Waals surface area contributed by atoms with Gasteiger partial charge in [-0.3, -0.25) is 0 Å². The Morgan fingerprint density at radius 1 is 1.43 bits per heavy atom. The van der Waals surface area contributed by atoms with Gasteiger partial charge in [-0.25, -0.2) is 0 Å². The van der Waals surface area contributed by atoms with Crippen molar-refractivity contribution in [1.82, 2.24) is 0 Å². The van der Waals surface area contributed by atoms with E-state index in [4.69, 9.17) is 0 Å². The highest BCUT2D eigenvalue weighted by atomic mass is 16.3. The molecule has 1 saturated carbocycles. The summed E-state index contributed by atoms with van der Waals surface area (Å²) in [6.45, 7) is 5.66. The van der Waals surface area contributed by atoms with Crippen LogP contribution in [0.15, 0.2) is 36.5 Å². The van der Waals surface area contributed by atoms with Crippen molar-refractivity contribution in [3.63, 3.8) is 0 Å². The number of rotatable bonds is 3. The highest BCUT2D eigenvalue weighted by molar-refractivity contribution is 5.25. The van der Waals surface area contributed by atoms with E-state index in [-0.39, 0.29) is 13.5 Å². The molecule has 1 heteroatoms. The predicted octanol–water partition coefficient (Wildman–Crippen LogP) is 3.47. The second kappa shape index (κ2) is 6.61. The van der Waals surface area contributed by atoms with Gasteiger partial charge < -0.3 is 5.11 Å². The average molecular weight is 194 g/mol. The number of aliphatic hydroxyl groups is 1. The van der Waals surface area contributed by atoms with Gasteiger partial charge in [0.05, 0.1) is 6.10 Å². The number of hydrogen-bond acceptors (Lipinski definition) is 1. The van der Waals surface area contributed by atoms with Gasteiger partial charge in [0.15, 0.2) is 0 Å². The molecule has 0 aromatic rings. The molecule has 80 valence electrons.